The Bertz CT molecular complexity index is 831. The highest BCUT2D eigenvalue weighted by Gasteiger charge is 2.23. The summed E-state index contributed by atoms with van der Waals surface area (Å²) in [6.07, 6.45) is 3.93. The average Bonchev–Trinajstić information content (AvgIpc) is 3.18. The largest absolute Gasteiger partial charge is 0.370 e. The summed E-state index contributed by atoms with van der Waals surface area (Å²) in [4.78, 5) is 15.7. The predicted octanol–water partition coefficient (Wildman–Crippen LogP) is 3.23. The summed E-state index contributed by atoms with van der Waals surface area (Å²) in [5.74, 6) is -0.0961. The second-order valence-electron chi connectivity index (χ2n) is 7.65. The van der Waals surface area contributed by atoms with Crippen molar-refractivity contribution in [2.24, 2.45) is 0 Å². The van der Waals surface area contributed by atoms with E-state index in [9.17, 15) is 9.90 Å². The maximum absolute atomic E-state index is 11.1. The number of likely N-dealkylation sites (N-methyl/N-ethyl adjacent to an activating group) is 1. The third-order valence-corrected chi connectivity index (χ3v) is 5.14. The van der Waals surface area contributed by atoms with Gasteiger partial charge in [-0.15, -0.1) is 0 Å². The number of hydrogen-bond donors (Lipinski definition) is 3. The Labute approximate surface area is 172 Å². The van der Waals surface area contributed by atoms with Gasteiger partial charge < -0.3 is 25.5 Å². The van der Waals surface area contributed by atoms with Gasteiger partial charge in [-0.3, -0.25) is 4.79 Å². The Morgan fingerprint density at radius 2 is 1.79 bits per heavy atom. The highest BCUT2D eigenvalue weighted by Crippen LogP contribution is 2.24. The molecule has 6 nitrogen and oxygen atoms in total. The monoisotopic (exact) mass is 394 g/mol. The number of aliphatic hydroxyl groups excluding tert-OH is 1. The molecule has 1 saturated heterocycles. The highest BCUT2D eigenvalue weighted by atomic mass is 16.3. The van der Waals surface area contributed by atoms with Crippen LogP contribution in [0.1, 0.15) is 18.9 Å². The molecule has 2 aromatic rings. The predicted molar refractivity (Wildman–Crippen MR) is 120 cm³/mol. The molecule has 154 valence electrons. The zero-order chi connectivity index (χ0) is 20.8. The van der Waals surface area contributed by atoms with Gasteiger partial charge in [0.15, 0.2) is 0 Å². The van der Waals surface area contributed by atoms with Gasteiger partial charge >= 0.3 is 0 Å². The summed E-state index contributed by atoms with van der Waals surface area (Å²) >= 11 is 0. The van der Waals surface area contributed by atoms with Crippen LogP contribution in [0.25, 0.3) is 6.08 Å². The minimum Gasteiger partial charge on any atom is -0.370 e. The van der Waals surface area contributed by atoms with Crippen LogP contribution in [0.3, 0.4) is 0 Å². The molecule has 2 unspecified atom stereocenters. The third kappa shape index (κ3) is 6.07. The maximum Gasteiger partial charge on any atom is 0.221 e. The van der Waals surface area contributed by atoms with E-state index in [2.05, 4.69) is 46.7 Å². The number of carbonyl (C=O) groups excluding carboxylic acids is 1. The van der Waals surface area contributed by atoms with E-state index in [0.29, 0.717) is 6.04 Å². The average molecular weight is 395 g/mol. The number of benzene rings is 2. The quantitative estimate of drug-likeness (QED) is 0.629. The summed E-state index contributed by atoms with van der Waals surface area (Å²) < 4.78 is 0. The maximum atomic E-state index is 11.1. The van der Waals surface area contributed by atoms with Crippen LogP contribution < -0.4 is 15.5 Å². The molecule has 0 saturated carbocycles. The molecule has 2 aromatic carbocycles. The molecule has 0 radical (unpaired) electrons. The summed E-state index contributed by atoms with van der Waals surface area (Å²) in [5.41, 5.74) is 3.78. The minimum atomic E-state index is -0.791. The molecule has 2 atom stereocenters. The van der Waals surface area contributed by atoms with E-state index in [1.54, 1.807) is 6.08 Å². The molecule has 1 heterocycles. The Morgan fingerprint density at radius 3 is 2.38 bits per heavy atom. The van der Waals surface area contributed by atoms with Crippen LogP contribution in [0.2, 0.25) is 0 Å². The fourth-order valence-electron chi connectivity index (χ4n) is 3.47. The number of anilines is 3. The third-order valence-electron chi connectivity index (χ3n) is 5.14. The first-order valence-corrected chi connectivity index (χ1v) is 9.92. The molecule has 1 fully saturated rings. The molecule has 0 spiro atoms. The van der Waals surface area contributed by atoms with E-state index in [1.807, 2.05) is 42.5 Å². The van der Waals surface area contributed by atoms with E-state index in [-0.39, 0.29) is 5.91 Å². The fraction of sp³-hybridized carbons (Fsp3) is 0.348. The number of carbonyl (C=O) groups is 1. The molecule has 0 aromatic heterocycles. The zero-order valence-corrected chi connectivity index (χ0v) is 17.3. The van der Waals surface area contributed by atoms with E-state index in [4.69, 9.17) is 0 Å². The van der Waals surface area contributed by atoms with E-state index in [0.717, 1.165) is 30.0 Å². The topological polar surface area (TPSA) is 67.8 Å². The second-order valence-corrected chi connectivity index (χ2v) is 7.65. The summed E-state index contributed by atoms with van der Waals surface area (Å²) in [6, 6.07) is 16.2. The van der Waals surface area contributed by atoms with Crippen molar-refractivity contribution in [1.29, 1.82) is 0 Å². The smallest absolute Gasteiger partial charge is 0.221 e. The van der Waals surface area contributed by atoms with Gasteiger partial charge in [-0.1, -0.05) is 18.2 Å². The van der Waals surface area contributed by atoms with Gasteiger partial charge in [-0.2, -0.15) is 0 Å². The highest BCUT2D eigenvalue weighted by molar-refractivity contribution is 5.88. The summed E-state index contributed by atoms with van der Waals surface area (Å²) in [5, 5.41) is 16.1. The fourth-order valence-corrected chi connectivity index (χ4v) is 3.47. The Morgan fingerprint density at radius 1 is 1.14 bits per heavy atom. The first kappa shape index (κ1) is 20.9. The van der Waals surface area contributed by atoms with Crippen LogP contribution in [0.5, 0.6) is 0 Å². The molecule has 3 rings (SSSR count). The van der Waals surface area contributed by atoms with Gasteiger partial charge in [-0.25, -0.2) is 0 Å². The Balaban J connectivity index is 1.52. The van der Waals surface area contributed by atoms with Crippen molar-refractivity contribution in [3.8, 4) is 0 Å². The van der Waals surface area contributed by atoms with Gasteiger partial charge in [0.25, 0.3) is 0 Å². The minimum absolute atomic E-state index is 0.0961. The molecule has 3 N–H and O–H groups in total. The number of nitrogens with one attached hydrogen (secondary N) is 2. The van der Waals surface area contributed by atoms with Gasteiger partial charge in [0.05, 0.1) is 0 Å². The molecule has 0 bridgehead atoms. The van der Waals surface area contributed by atoms with Gasteiger partial charge in [0.2, 0.25) is 5.91 Å². The van der Waals surface area contributed by atoms with Crippen molar-refractivity contribution < 1.29 is 9.90 Å². The number of nitrogens with zero attached hydrogens (tertiary/aromatic N) is 2. The normalized spacial score (nSPS) is 17.7. The van der Waals surface area contributed by atoms with Crippen molar-refractivity contribution in [3.05, 3.63) is 60.2 Å². The number of hydrogen-bond acceptors (Lipinski definition) is 5. The van der Waals surface area contributed by atoms with Crippen LogP contribution in [0.15, 0.2) is 54.6 Å². The lowest BCUT2D eigenvalue weighted by Crippen LogP contribution is -2.31. The van der Waals surface area contributed by atoms with Gasteiger partial charge in [0, 0.05) is 43.1 Å². The lowest BCUT2D eigenvalue weighted by Gasteiger charge is -2.22. The first-order chi connectivity index (χ1) is 13.9. The molecule has 6 heteroatoms. The molecule has 0 aliphatic carbocycles. The second kappa shape index (κ2) is 9.58. The van der Waals surface area contributed by atoms with E-state index >= 15 is 0 Å². The summed E-state index contributed by atoms with van der Waals surface area (Å²) in [6.45, 7) is 3.60. The first-order valence-electron chi connectivity index (χ1n) is 9.92. The molecule has 1 aliphatic heterocycles. The van der Waals surface area contributed by atoms with E-state index in [1.165, 1.54) is 19.0 Å². The Hall–Kier alpha value is -2.83. The van der Waals surface area contributed by atoms with Crippen molar-refractivity contribution in [1.82, 2.24) is 4.90 Å². The van der Waals surface area contributed by atoms with Crippen LogP contribution in [-0.2, 0) is 4.79 Å². The van der Waals surface area contributed by atoms with Crippen LogP contribution in [0.4, 0.5) is 17.1 Å². The van der Waals surface area contributed by atoms with Crippen molar-refractivity contribution in [2.45, 2.75) is 25.6 Å². The van der Waals surface area contributed by atoms with Crippen LogP contribution in [-0.4, -0.2) is 55.4 Å². The standard InChI is InChI=1S/C23H30N4O2/c1-17(28)24-19-7-4-18(5-8-19)6-13-23(29)25-20-9-11-21(12-10-20)27-15-14-22(16-27)26(2)3/h4-13,22-23,25,29H,14-16H2,1-3H3,(H,24,28)/b13-6+. The van der Waals surface area contributed by atoms with Crippen LogP contribution >= 0.6 is 0 Å². The van der Waals surface area contributed by atoms with Crippen molar-refractivity contribution in [2.75, 3.05) is 42.7 Å². The van der Waals surface area contributed by atoms with Crippen molar-refractivity contribution in [3.63, 3.8) is 0 Å². The lowest BCUT2D eigenvalue weighted by atomic mass is 10.2. The number of amides is 1. The molecular weight excluding hydrogens is 364 g/mol. The Kier molecular flexibility index (Phi) is 6.90. The van der Waals surface area contributed by atoms with E-state index < -0.39 is 6.23 Å². The molecule has 29 heavy (non-hydrogen) atoms. The number of rotatable bonds is 7. The summed E-state index contributed by atoms with van der Waals surface area (Å²) in [7, 11) is 4.26. The van der Waals surface area contributed by atoms with Crippen molar-refractivity contribution >= 4 is 29.0 Å². The SMILES string of the molecule is CC(=O)Nc1ccc(/C=C/C(O)Nc2ccc(N3CCC(N(C)C)C3)cc2)cc1. The van der Waals surface area contributed by atoms with Gasteiger partial charge in [-0.05, 0) is 68.6 Å². The molecular formula is C23H30N4O2. The van der Waals surface area contributed by atoms with Gasteiger partial charge in [0.1, 0.15) is 6.23 Å². The van der Waals surface area contributed by atoms with Crippen LogP contribution in [0, 0.1) is 0 Å². The molecule has 1 aliphatic rings. The zero-order valence-electron chi connectivity index (χ0n) is 17.3. The number of aliphatic hydroxyl groups is 1. The molecule has 1 amide bonds. The lowest BCUT2D eigenvalue weighted by molar-refractivity contribution is -0.114.